The van der Waals surface area contributed by atoms with Gasteiger partial charge in [0.15, 0.2) is 5.82 Å². The Morgan fingerprint density at radius 3 is 3.06 bits per heavy atom. The fourth-order valence-electron chi connectivity index (χ4n) is 2.74. The number of imidazole rings is 1. The summed E-state index contributed by atoms with van der Waals surface area (Å²) < 4.78 is 2.17. The van der Waals surface area contributed by atoms with Gasteiger partial charge in [-0.3, -0.25) is 0 Å². The number of aliphatic hydroxyl groups excluding tert-OH is 1. The zero-order chi connectivity index (χ0) is 11.8. The van der Waals surface area contributed by atoms with Crippen LogP contribution < -0.4 is 5.73 Å². The molecule has 1 saturated carbocycles. The molecular weight excluding hydrogens is 216 g/mol. The van der Waals surface area contributed by atoms with Gasteiger partial charge in [0.1, 0.15) is 5.52 Å². The van der Waals surface area contributed by atoms with E-state index in [1.165, 1.54) is 0 Å². The quantitative estimate of drug-likeness (QED) is 0.819. The van der Waals surface area contributed by atoms with Crippen molar-refractivity contribution in [3.8, 4) is 0 Å². The second-order valence-electron chi connectivity index (χ2n) is 4.73. The molecule has 1 fully saturated rings. The largest absolute Gasteiger partial charge is 0.396 e. The first-order valence-corrected chi connectivity index (χ1v) is 5.97. The minimum atomic E-state index is 0.285. The van der Waals surface area contributed by atoms with Crippen LogP contribution >= 0.6 is 0 Å². The van der Waals surface area contributed by atoms with Crippen LogP contribution in [0.3, 0.4) is 0 Å². The number of anilines is 1. The molecule has 17 heavy (non-hydrogen) atoms. The van der Waals surface area contributed by atoms with Gasteiger partial charge < -0.3 is 15.4 Å². The van der Waals surface area contributed by atoms with E-state index in [4.69, 9.17) is 5.73 Å². The van der Waals surface area contributed by atoms with E-state index >= 15 is 0 Å². The Labute approximate surface area is 99.3 Å². The van der Waals surface area contributed by atoms with Crippen LogP contribution in [0.15, 0.2) is 18.6 Å². The normalized spacial score (nSPS) is 24.5. The van der Waals surface area contributed by atoms with Crippen LogP contribution in [0.2, 0.25) is 0 Å². The van der Waals surface area contributed by atoms with Crippen molar-refractivity contribution in [2.45, 2.75) is 25.3 Å². The van der Waals surface area contributed by atoms with E-state index in [1.807, 2.05) is 12.4 Å². The van der Waals surface area contributed by atoms with E-state index in [1.54, 1.807) is 6.20 Å². The van der Waals surface area contributed by atoms with Crippen molar-refractivity contribution in [1.29, 1.82) is 0 Å². The number of aliphatic hydroxyl groups is 1. The van der Waals surface area contributed by atoms with Crippen LogP contribution in [0.1, 0.15) is 25.3 Å². The molecule has 5 nitrogen and oxygen atoms in total. The first-order valence-electron chi connectivity index (χ1n) is 5.97. The Morgan fingerprint density at radius 1 is 1.41 bits per heavy atom. The molecule has 5 heteroatoms. The van der Waals surface area contributed by atoms with Crippen molar-refractivity contribution in [2.75, 3.05) is 12.3 Å². The van der Waals surface area contributed by atoms with Gasteiger partial charge in [0.05, 0.1) is 11.8 Å². The lowest BCUT2D eigenvalue weighted by Crippen LogP contribution is -2.06. The number of fused-ring (bicyclic) bond motifs is 1. The monoisotopic (exact) mass is 232 g/mol. The van der Waals surface area contributed by atoms with Crippen LogP contribution in [0.25, 0.3) is 11.0 Å². The molecule has 3 N–H and O–H groups in total. The van der Waals surface area contributed by atoms with Gasteiger partial charge in [-0.05, 0) is 31.2 Å². The summed E-state index contributed by atoms with van der Waals surface area (Å²) in [6.45, 7) is 0.285. The number of pyridine rings is 1. The molecule has 0 radical (unpaired) electrons. The summed E-state index contributed by atoms with van der Waals surface area (Å²) in [4.78, 5) is 8.37. The average molecular weight is 232 g/mol. The minimum Gasteiger partial charge on any atom is -0.396 e. The third-order valence-electron chi connectivity index (χ3n) is 3.69. The van der Waals surface area contributed by atoms with Gasteiger partial charge in [-0.1, -0.05) is 0 Å². The van der Waals surface area contributed by atoms with Crippen molar-refractivity contribution in [3.63, 3.8) is 0 Å². The van der Waals surface area contributed by atoms with Crippen molar-refractivity contribution < 1.29 is 5.11 Å². The average Bonchev–Trinajstić information content (AvgIpc) is 2.94. The highest BCUT2D eigenvalue weighted by Gasteiger charge is 2.26. The standard InChI is InChI=1S/C12H16N4O/c13-12-11-10(3-4-14-12)16(7-15-11)9-2-1-8(5-9)6-17/h3-4,7-9,17H,1-2,5-6H2,(H2,13,14)/t8-,9+/m1/s1. The van der Waals surface area contributed by atoms with Crippen LogP contribution in [0.5, 0.6) is 0 Å². The Morgan fingerprint density at radius 2 is 2.29 bits per heavy atom. The van der Waals surface area contributed by atoms with Gasteiger partial charge in [-0.25, -0.2) is 9.97 Å². The second-order valence-corrected chi connectivity index (χ2v) is 4.73. The number of nitrogens with zero attached hydrogens (tertiary/aromatic N) is 3. The highest BCUT2D eigenvalue weighted by atomic mass is 16.3. The fourth-order valence-corrected chi connectivity index (χ4v) is 2.74. The second kappa shape index (κ2) is 4.00. The number of nitrogens with two attached hydrogens (primary N) is 1. The molecule has 0 spiro atoms. The lowest BCUT2D eigenvalue weighted by atomic mass is 10.1. The van der Waals surface area contributed by atoms with Gasteiger partial charge in [0.25, 0.3) is 0 Å². The summed E-state index contributed by atoms with van der Waals surface area (Å²) in [7, 11) is 0. The molecule has 2 heterocycles. The van der Waals surface area contributed by atoms with Gasteiger partial charge >= 0.3 is 0 Å². The van der Waals surface area contributed by atoms with E-state index in [2.05, 4.69) is 14.5 Å². The van der Waals surface area contributed by atoms with Gasteiger partial charge in [-0.2, -0.15) is 0 Å². The number of hydrogen-bond donors (Lipinski definition) is 2. The minimum absolute atomic E-state index is 0.285. The molecule has 0 aliphatic heterocycles. The molecule has 2 aromatic rings. The molecule has 3 rings (SSSR count). The molecule has 2 aromatic heterocycles. The van der Waals surface area contributed by atoms with E-state index in [0.717, 1.165) is 30.3 Å². The first-order chi connectivity index (χ1) is 8.29. The third-order valence-corrected chi connectivity index (χ3v) is 3.69. The first kappa shape index (κ1) is 10.5. The summed E-state index contributed by atoms with van der Waals surface area (Å²) >= 11 is 0. The van der Waals surface area contributed by atoms with Gasteiger partial charge in [-0.15, -0.1) is 0 Å². The Kier molecular flexibility index (Phi) is 2.48. The number of hydrogen-bond acceptors (Lipinski definition) is 4. The van der Waals surface area contributed by atoms with Crippen molar-refractivity contribution in [1.82, 2.24) is 14.5 Å². The molecule has 2 atom stereocenters. The number of aromatic nitrogens is 3. The number of nitrogen functional groups attached to an aromatic ring is 1. The smallest absolute Gasteiger partial charge is 0.151 e. The van der Waals surface area contributed by atoms with Crippen molar-refractivity contribution in [3.05, 3.63) is 18.6 Å². The van der Waals surface area contributed by atoms with E-state index in [9.17, 15) is 5.11 Å². The van der Waals surface area contributed by atoms with Crippen LogP contribution in [0.4, 0.5) is 5.82 Å². The highest BCUT2D eigenvalue weighted by molar-refractivity contribution is 5.84. The van der Waals surface area contributed by atoms with Crippen molar-refractivity contribution in [2.24, 2.45) is 5.92 Å². The predicted molar refractivity (Wildman–Crippen MR) is 65.4 cm³/mol. The summed E-state index contributed by atoms with van der Waals surface area (Å²) in [5.74, 6) is 0.912. The zero-order valence-electron chi connectivity index (χ0n) is 9.58. The van der Waals surface area contributed by atoms with Crippen LogP contribution in [-0.4, -0.2) is 26.2 Å². The Balaban J connectivity index is 1.99. The summed E-state index contributed by atoms with van der Waals surface area (Å²) in [6.07, 6.45) is 6.76. The van der Waals surface area contributed by atoms with Gasteiger partial charge in [0.2, 0.25) is 0 Å². The third kappa shape index (κ3) is 1.67. The Bertz CT molecular complexity index is 536. The van der Waals surface area contributed by atoms with Crippen molar-refractivity contribution >= 4 is 16.9 Å². The van der Waals surface area contributed by atoms with E-state index in [0.29, 0.717) is 17.8 Å². The maximum Gasteiger partial charge on any atom is 0.151 e. The topological polar surface area (TPSA) is 77.0 Å². The molecule has 0 aromatic carbocycles. The molecule has 0 bridgehead atoms. The predicted octanol–water partition coefficient (Wildman–Crippen LogP) is 1.35. The highest BCUT2D eigenvalue weighted by Crippen LogP contribution is 2.36. The molecular formula is C12H16N4O. The Hall–Kier alpha value is -1.62. The van der Waals surface area contributed by atoms with E-state index < -0.39 is 0 Å². The molecule has 1 aliphatic rings. The fraction of sp³-hybridized carbons (Fsp3) is 0.500. The maximum atomic E-state index is 9.18. The molecule has 0 amide bonds. The lowest BCUT2D eigenvalue weighted by Gasteiger charge is -2.13. The van der Waals surface area contributed by atoms with Gasteiger partial charge in [0, 0.05) is 18.8 Å². The van der Waals surface area contributed by atoms with Crippen LogP contribution in [0, 0.1) is 5.92 Å². The SMILES string of the molecule is Nc1nccc2c1ncn2[C@H]1CC[C@@H](CO)C1. The maximum absolute atomic E-state index is 9.18. The lowest BCUT2D eigenvalue weighted by molar-refractivity contribution is 0.226. The molecule has 0 unspecified atom stereocenters. The zero-order valence-corrected chi connectivity index (χ0v) is 9.58. The van der Waals surface area contributed by atoms with Crippen LogP contribution in [-0.2, 0) is 0 Å². The summed E-state index contributed by atoms with van der Waals surface area (Å²) in [6, 6.07) is 2.38. The summed E-state index contributed by atoms with van der Waals surface area (Å²) in [5, 5.41) is 9.18. The molecule has 90 valence electrons. The summed E-state index contributed by atoms with van der Waals surface area (Å²) in [5.41, 5.74) is 7.62. The molecule has 1 aliphatic carbocycles. The molecule has 0 saturated heterocycles. The van der Waals surface area contributed by atoms with E-state index in [-0.39, 0.29) is 6.61 Å². The number of rotatable bonds is 2.